The lowest BCUT2D eigenvalue weighted by atomic mass is 10.1. The lowest BCUT2D eigenvalue weighted by Crippen LogP contribution is -2.32. The van der Waals surface area contributed by atoms with Gasteiger partial charge in [-0.1, -0.05) is 6.07 Å². The molecule has 0 saturated carbocycles. The molecule has 112 valence electrons. The maximum absolute atomic E-state index is 12.8. The summed E-state index contributed by atoms with van der Waals surface area (Å²) in [5.41, 5.74) is 0.317. The molecule has 0 aliphatic rings. The normalized spacial score (nSPS) is 12.9. The summed E-state index contributed by atoms with van der Waals surface area (Å²) in [6.45, 7) is 1.89. The van der Waals surface area contributed by atoms with Crippen molar-refractivity contribution in [2.24, 2.45) is 5.84 Å². The van der Waals surface area contributed by atoms with Crippen molar-refractivity contribution < 1.29 is 22.7 Å². The quantitative estimate of drug-likeness (QED) is 0.570. The van der Waals surface area contributed by atoms with E-state index in [-0.39, 0.29) is 18.2 Å². The number of amides is 1. The summed E-state index contributed by atoms with van der Waals surface area (Å²) in [4.78, 5) is 11.9. The second-order valence-electron chi connectivity index (χ2n) is 4.13. The summed E-state index contributed by atoms with van der Waals surface area (Å²) in [6.07, 6.45) is -4.85. The number of methoxy groups -OCH3 is 1. The second kappa shape index (κ2) is 6.58. The molecule has 1 amide bonds. The van der Waals surface area contributed by atoms with Crippen LogP contribution in [0.15, 0.2) is 18.2 Å². The van der Waals surface area contributed by atoms with Gasteiger partial charge in [0, 0.05) is 13.7 Å². The van der Waals surface area contributed by atoms with Crippen LogP contribution in [-0.2, 0) is 10.9 Å². The summed E-state index contributed by atoms with van der Waals surface area (Å²) in [5.74, 6) is 4.45. The van der Waals surface area contributed by atoms with Crippen LogP contribution in [0.2, 0.25) is 0 Å². The summed E-state index contributed by atoms with van der Waals surface area (Å²) in [6, 6.07) is 3.26. The minimum Gasteiger partial charge on any atom is -0.380 e. The summed E-state index contributed by atoms with van der Waals surface area (Å²) in [5, 5.41) is 2.48. The maximum atomic E-state index is 12.8. The van der Waals surface area contributed by atoms with Crippen LogP contribution < -0.4 is 16.6 Å². The van der Waals surface area contributed by atoms with Crippen molar-refractivity contribution >= 4 is 11.6 Å². The molecule has 0 aliphatic heterocycles. The third kappa shape index (κ3) is 3.84. The molecule has 5 nitrogen and oxygen atoms in total. The first-order valence-electron chi connectivity index (χ1n) is 5.79. The van der Waals surface area contributed by atoms with Gasteiger partial charge in [0.2, 0.25) is 0 Å². The highest BCUT2D eigenvalue weighted by Crippen LogP contribution is 2.36. The molecule has 1 unspecified atom stereocenters. The number of carbonyl (C=O) groups is 1. The zero-order chi connectivity index (χ0) is 15.3. The van der Waals surface area contributed by atoms with Gasteiger partial charge in [0.1, 0.15) is 0 Å². The Morgan fingerprint density at radius 3 is 2.60 bits per heavy atom. The fourth-order valence-corrected chi connectivity index (χ4v) is 1.55. The van der Waals surface area contributed by atoms with Gasteiger partial charge < -0.3 is 15.5 Å². The molecule has 8 heteroatoms. The molecule has 0 fully saturated rings. The van der Waals surface area contributed by atoms with Crippen molar-refractivity contribution in [2.75, 3.05) is 19.1 Å². The number of rotatable bonds is 5. The van der Waals surface area contributed by atoms with Gasteiger partial charge in [0.05, 0.1) is 22.9 Å². The molecule has 1 aromatic carbocycles. The van der Waals surface area contributed by atoms with Gasteiger partial charge in [0.15, 0.2) is 0 Å². The van der Waals surface area contributed by atoms with Crippen LogP contribution in [0, 0.1) is 0 Å². The Morgan fingerprint density at radius 2 is 2.10 bits per heavy atom. The molecule has 0 spiro atoms. The molecule has 0 aromatic heterocycles. The van der Waals surface area contributed by atoms with Gasteiger partial charge in [-0.3, -0.25) is 10.6 Å². The van der Waals surface area contributed by atoms with E-state index in [4.69, 9.17) is 10.6 Å². The molecule has 0 aliphatic carbocycles. The smallest absolute Gasteiger partial charge is 0.380 e. The Hall–Kier alpha value is -1.80. The van der Waals surface area contributed by atoms with Crippen LogP contribution in [0.1, 0.15) is 22.8 Å². The molecular formula is C12H16F3N3O2. The van der Waals surface area contributed by atoms with E-state index in [1.54, 1.807) is 6.92 Å². The van der Waals surface area contributed by atoms with Crippen molar-refractivity contribution in [1.29, 1.82) is 0 Å². The molecular weight excluding hydrogens is 275 g/mol. The largest absolute Gasteiger partial charge is 0.418 e. The van der Waals surface area contributed by atoms with Crippen molar-refractivity contribution in [3.63, 3.8) is 0 Å². The van der Waals surface area contributed by atoms with Gasteiger partial charge in [-0.2, -0.15) is 13.2 Å². The number of anilines is 1. The van der Waals surface area contributed by atoms with Crippen LogP contribution in [0.25, 0.3) is 0 Å². The zero-order valence-electron chi connectivity index (χ0n) is 11.0. The van der Waals surface area contributed by atoms with Crippen molar-refractivity contribution in [1.82, 2.24) is 5.32 Å². The van der Waals surface area contributed by atoms with Gasteiger partial charge in [-0.25, -0.2) is 0 Å². The van der Waals surface area contributed by atoms with Gasteiger partial charge in [0.25, 0.3) is 5.91 Å². The summed E-state index contributed by atoms with van der Waals surface area (Å²) in [7, 11) is 1.47. The Labute approximate surface area is 114 Å². The monoisotopic (exact) mass is 291 g/mol. The lowest BCUT2D eigenvalue weighted by molar-refractivity contribution is -0.137. The first-order chi connectivity index (χ1) is 9.31. The van der Waals surface area contributed by atoms with Crippen LogP contribution in [0.3, 0.4) is 0 Å². The topological polar surface area (TPSA) is 76.4 Å². The molecule has 0 saturated heterocycles. The molecule has 1 rings (SSSR count). The summed E-state index contributed by atoms with van der Waals surface area (Å²) >= 11 is 0. The van der Waals surface area contributed by atoms with E-state index in [0.29, 0.717) is 0 Å². The van der Waals surface area contributed by atoms with Gasteiger partial charge in [-0.05, 0) is 19.1 Å². The average molecular weight is 291 g/mol. The highest BCUT2D eigenvalue weighted by atomic mass is 19.4. The van der Waals surface area contributed by atoms with E-state index in [1.807, 2.05) is 5.43 Å². The van der Waals surface area contributed by atoms with E-state index >= 15 is 0 Å². The van der Waals surface area contributed by atoms with Crippen LogP contribution >= 0.6 is 0 Å². The fraction of sp³-hybridized carbons (Fsp3) is 0.417. The molecule has 1 atom stereocenters. The van der Waals surface area contributed by atoms with E-state index in [1.165, 1.54) is 13.2 Å². The number of hydrazine groups is 1. The molecule has 0 bridgehead atoms. The van der Waals surface area contributed by atoms with E-state index < -0.39 is 23.3 Å². The van der Waals surface area contributed by atoms with Crippen LogP contribution in [0.4, 0.5) is 18.9 Å². The Bertz CT molecular complexity index is 478. The predicted octanol–water partition coefficient (Wildman–Crippen LogP) is 1.76. The Balaban J connectivity index is 3.03. The zero-order valence-corrected chi connectivity index (χ0v) is 11.0. The fourth-order valence-electron chi connectivity index (χ4n) is 1.55. The summed E-state index contributed by atoms with van der Waals surface area (Å²) < 4.78 is 43.3. The molecule has 1 aromatic rings. The van der Waals surface area contributed by atoms with Crippen molar-refractivity contribution in [3.05, 3.63) is 29.3 Å². The molecule has 0 radical (unpaired) electrons. The minimum atomic E-state index is -4.60. The number of hydrogen-bond acceptors (Lipinski definition) is 4. The first kappa shape index (κ1) is 16.3. The van der Waals surface area contributed by atoms with Crippen LogP contribution in [-0.4, -0.2) is 25.7 Å². The van der Waals surface area contributed by atoms with E-state index in [0.717, 1.165) is 12.1 Å². The van der Waals surface area contributed by atoms with Gasteiger partial charge in [-0.15, -0.1) is 0 Å². The number of hydrogen-bond donors (Lipinski definition) is 3. The number of carbonyl (C=O) groups excluding carboxylic acids is 1. The van der Waals surface area contributed by atoms with Crippen LogP contribution in [0.5, 0.6) is 0 Å². The van der Waals surface area contributed by atoms with Crippen molar-refractivity contribution in [3.8, 4) is 0 Å². The molecule has 20 heavy (non-hydrogen) atoms. The third-order valence-electron chi connectivity index (χ3n) is 2.71. The second-order valence-corrected chi connectivity index (χ2v) is 4.13. The standard InChI is InChI=1S/C12H16F3N3O2/c1-7(20-2)6-17-11(19)8-4-3-5-9(10(8)18-16)12(13,14)15/h3-5,7,18H,6,16H2,1-2H3,(H,17,19). The average Bonchev–Trinajstić information content (AvgIpc) is 2.42. The number of benzene rings is 1. The van der Waals surface area contributed by atoms with Crippen molar-refractivity contribution in [2.45, 2.75) is 19.2 Å². The number of alkyl halides is 3. The lowest BCUT2D eigenvalue weighted by Gasteiger charge is -2.17. The highest BCUT2D eigenvalue weighted by molar-refractivity contribution is 6.00. The Morgan fingerprint density at radius 1 is 1.45 bits per heavy atom. The number of para-hydroxylation sites is 1. The van der Waals surface area contributed by atoms with E-state index in [2.05, 4.69) is 5.32 Å². The molecule has 4 N–H and O–H groups in total. The van der Waals surface area contributed by atoms with E-state index in [9.17, 15) is 18.0 Å². The molecule has 0 heterocycles. The maximum Gasteiger partial charge on any atom is 0.418 e. The number of nitrogens with two attached hydrogens (primary N) is 1. The van der Waals surface area contributed by atoms with Gasteiger partial charge >= 0.3 is 6.18 Å². The highest BCUT2D eigenvalue weighted by Gasteiger charge is 2.35. The number of nitrogen functional groups attached to an aromatic ring is 1. The number of ether oxygens (including phenoxy) is 1. The Kier molecular flexibility index (Phi) is 5.34. The predicted molar refractivity (Wildman–Crippen MR) is 68.1 cm³/mol. The SMILES string of the molecule is COC(C)CNC(=O)c1cccc(C(F)(F)F)c1NN. The first-order valence-corrected chi connectivity index (χ1v) is 5.79. The third-order valence-corrected chi connectivity index (χ3v) is 2.71. The number of nitrogens with one attached hydrogen (secondary N) is 2. The minimum absolute atomic E-state index is 0.175. The number of halogens is 3.